The molecule has 8 nitrogen and oxygen atoms in total. The van der Waals surface area contributed by atoms with Gasteiger partial charge in [-0.1, -0.05) is 24.7 Å². The Kier molecular flexibility index (Phi) is 7.60. The van der Waals surface area contributed by atoms with Gasteiger partial charge in [-0.05, 0) is 39.5 Å². The molecule has 29 heavy (non-hydrogen) atoms. The van der Waals surface area contributed by atoms with Crippen LogP contribution in [-0.4, -0.2) is 52.9 Å². The number of aryl methyl sites for hydroxylation is 1. The van der Waals surface area contributed by atoms with Crippen LogP contribution < -0.4 is 15.8 Å². The second-order valence-electron chi connectivity index (χ2n) is 7.74. The Labute approximate surface area is 175 Å². The molecule has 0 radical (unpaired) electrons. The van der Waals surface area contributed by atoms with Crippen LogP contribution in [-0.2, 0) is 16.0 Å². The molecule has 2 aromatic heterocycles. The number of ether oxygens (including phenoxy) is 1. The Hall–Kier alpha value is -2.00. The third-order valence-electron chi connectivity index (χ3n) is 5.00. The Balaban J connectivity index is 1.52. The van der Waals surface area contributed by atoms with Crippen molar-refractivity contribution in [1.29, 1.82) is 0 Å². The molecule has 160 valence electrons. The van der Waals surface area contributed by atoms with Crippen molar-refractivity contribution in [2.75, 3.05) is 31.1 Å². The topological polar surface area (TPSA) is 88.8 Å². The smallest absolute Gasteiger partial charge is 0.275 e. The SMILES string of the molecule is CCCc1cc(=O)n2nc(N3CCC(C(=O)NCCCOC(C)C)CC3)sc2n1. The number of nitrogens with one attached hydrogen (secondary N) is 1. The van der Waals surface area contributed by atoms with E-state index in [1.807, 2.05) is 13.8 Å². The number of piperidine rings is 1. The minimum Gasteiger partial charge on any atom is -0.379 e. The van der Waals surface area contributed by atoms with E-state index in [9.17, 15) is 9.59 Å². The quantitative estimate of drug-likeness (QED) is 0.625. The van der Waals surface area contributed by atoms with Crippen molar-refractivity contribution in [1.82, 2.24) is 19.9 Å². The zero-order valence-corrected chi connectivity index (χ0v) is 18.3. The number of hydrogen-bond donors (Lipinski definition) is 1. The average Bonchev–Trinajstić information content (AvgIpc) is 3.12. The van der Waals surface area contributed by atoms with E-state index < -0.39 is 0 Å². The fourth-order valence-electron chi connectivity index (χ4n) is 3.44. The van der Waals surface area contributed by atoms with Gasteiger partial charge >= 0.3 is 0 Å². The second-order valence-corrected chi connectivity index (χ2v) is 8.67. The molecule has 1 aliphatic rings. The van der Waals surface area contributed by atoms with Crippen LogP contribution in [0.4, 0.5) is 5.13 Å². The number of amides is 1. The van der Waals surface area contributed by atoms with Crippen LogP contribution in [0.1, 0.15) is 52.1 Å². The summed E-state index contributed by atoms with van der Waals surface area (Å²) in [6, 6.07) is 1.57. The third kappa shape index (κ3) is 5.76. The highest BCUT2D eigenvalue weighted by molar-refractivity contribution is 7.20. The van der Waals surface area contributed by atoms with Gasteiger partial charge in [0.25, 0.3) is 5.56 Å². The van der Waals surface area contributed by atoms with Gasteiger partial charge in [0.1, 0.15) is 0 Å². The van der Waals surface area contributed by atoms with Crippen molar-refractivity contribution in [3.8, 4) is 0 Å². The molecule has 0 saturated carbocycles. The summed E-state index contributed by atoms with van der Waals surface area (Å²) in [7, 11) is 0. The van der Waals surface area contributed by atoms with E-state index in [0.717, 1.165) is 56.0 Å². The summed E-state index contributed by atoms with van der Waals surface area (Å²) in [6.07, 6.45) is 4.37. The molecule has 0 aliphatic carbocycles. The molecule has 2 aromatic rings. The number of rotatable bonds is 9. The molecular formula is C20H31N5O3S. The van der Waals surface area contributed by atoms with Gasteiger partial charge in [-0.25, -0.2) is 4.98 Å². The minimum absolute atomic E-state index is 0.0312. The average molecular weight is 422 g/mol. The summed E-state index contributed by atoms with van der Waals surface area (Å²) in [5, 5.41) is 8.28. The predicted octanol–water partition coefficient (Wildman–Crippen LogP) is 2.25. The highest BCUT2D eigenvalue weighted by atomic mass is 32.1. The minimum atomic E-state index is -0.128. The summed E-state index contributed by atoms with van der Waals surface area (Å²) in [4.78, 5) is 32.0. The first-order valence-corrected chi connectivity index (χ1v) is 11.3. The lowest BCUT2D eigenvalue weighted by atomic mass is 9.96. The van der Waals surface area contributed by atoms with Gasteiger partial charge in [-0.3, -0.25) is 9.59 Å². The summed E-state index contributed by atoms with van der Waals surface area (Å²) < 4.78 is 6.88. The van der Waals surface area contributed by atoms with Crippen molar-refractivity contribution < 1.29 is 9.53 Å². The number of carbonyl (C=O) groups is 1. The molecule has 1 fully saturated rings. The van der Waals surface area contributed by atoms with E-state index in [1.165, 1.54) is 15.9 Å². The molecular weight excluding hydrogens is 390 g/mol. The lowest BCUT2D eigenvalue weighted by Gasteiger charge is -2.30. The van der Waals surface area contributed by atoms with Gasteiger partial charge in [0.2, 0.25) is 16.0 Å². The summed E-state index contributed by atoms with van der Waals surface area (Å²) in [5.74, 6) is 0.157. The first-order chi connectivity index (χ1) is 14.0. The number of fused-ring (bicyclic) bond motifs is 1. The van der Waals surface area contributed by atoms with E-state index >= 15 is 0 Å². The molecule has 0 aromatic carbocycles. The zero-order valence-electron chi connectivity index (χ0n) is 17.5. The lowest BCUT2D eigenvalue weighted by Crippen LogP contribution is -2.41. The first-order valence-electron chi connectivity index (χ1n) is 10.5. The highest BCUT2D eigenvalue weighted by Gasteiger charge is 2.26. The van der Waals surface area contributed by atoms with Crippen LogP contribution in [0, 0.1) is 5.92 Å². The van der Waals surface area contributed by atoms with E-state index in [0.29, 0.717) is 18.1 Å². The number of nitrogens with zero attached hydrogens (tertiary/aromatic N) is 4. The van der Waals surface area contributed by atoms with Crippen LogP contribution in [0.3, 0.4) is 0 Å². The molecule has 1 N–H and O–H groups in total. The Bertz CT molecular complexity index is 871. The number of carbonyl (C=O) groups excluding carboxylic acids is 1. The van der Waals surface area contributed by atoms with Crippen molar-refractivity contribution in [3.63, 3.8) is 0 Å². The second kappa shape index (κ2) is 10.2. The number of hydrogen-bond acceptors (Lipinski definition) is 7. The maximum Gasteiger partial charge on any atom is 0.275 e. The van der Waals surface area contributed by atoms with Crippen LogP contribution in [0.2, 0.25) is 0 Å². The van der Waals surface area contributed by atoms with E-state index in [1.54, 1.807) is 6.07 Å². The van der Waals surface area contributed by atoms with Crippen molar-refractivity contribution >= 4 is 27.3 Å². The van der Waals surface area contributed by atoms with E-state index in [2.05, 4.69) is 27.2 Å². The molecule has 0 unspecified atom stereocenters. The van der Waals surface area contributed by atoms with Gasteiger partial charge in [-0.2, -0.15) is 4.52 Å². The van der Waals surface area contributed by atoms with Gasteiger partial charge in [0.15, 0.2) is 0 Å². The van der Waals surface area contributed by atoms with E-state index in [-0.39, 0.29) is 23.5 Å². The summed E-state index contributed by atoms with van der Waals surface area (Å²) in [6.45, 7) is 8.92. The van der Waals surface area contributed by atoms with Gasteiger partial charge in [0, 0.05) is 43.9 Å². The first kappa shape index (κ1) is 21.7. The van der Waals surface area contributed by atoms with Crippen LogP contribution in [0.5, 0.6) is 0 Å². The van der Waals surface area contributed by atoms with Crippen LogP contribution in [0.25, 0.3) is 4.96 Å². The molecule has 3 rings (SSSR count). The van der Waals surface area contributed by atoms with Gasteiger partial charge in [-0.15, -0.1) is 5.10 Å². The largest absolute Gasteiger partial charge is 0.379 e. The van der Waals surface area contributed by atoms with Crippen LogP contribution >= 0.6 is 11.3 Å². The van der Waals surface area contributed by atoms with E-state index in [4.69, 9.17) is 4.74 Å². The molecule has 3 heterocycles. The van der Waals surface area contributed by atoms with Gasteiger partial charge < -0.3 is 15.0 Å². The fraction of sp³-hybridized carbons (Fsp3) is 0.700. The standard InChI is InChI=1S/C20H31N5O3S/c1-4-6-16-13-17(26)25-19(22-16)29-20(23-25)24-10-7-15(8-11-24)18(27)21-9-5-12-28-14(2)3/h13-15H,4-12H2,1-3H3,(H,21,27). The molecule has 9 heteroatoms. The predicted molar refractivity (Wildman–Crippen MR) is 115 cm³/mol. The monoisotopic (exact) mass is 421 g/mol. The lowest BCUT2D eigenvalue weighted by molar-refractivity contribution is -0.125. The van der Waals surface area contributed by atoms with Crippen molar-refractivity contribution in [2.45, 2.75) is 59.0 Å². The van der Waals surface area contributed by atoms with Crippen molar-refractivity contribution in [2.24, 2.45) is 5.92 Å². The molecule has 0 spiro atoms. The normalized spacial score (nSPS) is 15.4. The Morgan fingerprint density at radius 2 is 2.14 bits per heavy atom. The van der Waals surface area contributed by atoms with Gasteiger partial charge in [0.05, 0.1) is 6.10 Å². The molecule has 1 aliphatic heterocycles. The molecule has 0 atom stereocenters. The summed E-state index contributed by atoms with van der Waals surface area (Å²) in [5.41, 5.74) is 0.693. The maximum absolute atomic E-state index is 12.4. The Morgan fingerprint density at radius 1 is 1.38 bits per heavy atom. The van der Waals surface area contributed by atoms with Crippen molar-refractivity contribution in [3.05, 3.63) is 22.1 Å². The maximum atomic E-state index is 12.4. The Morgan fingerprint density at radius 3 is 2.83 bits per heavy atom. The van der Waals surface area contributed by atoms with Crippen LogP contribution in [0.15, 0.2) is 10.9 Å². The summed E-state index contributed by atoms with van der Waals surface area (Å²) >= 11 is 1.44. The number of aromatic nitrogens is 3. The molecule has 0 bridgehead atoms. The fourth-order valence-corrected chi connectivity index (χ4v) is 4.42. The third-order valence-corrected chi connectivity index (χ3v) is 5.97. The molecule has 1 amide bonds. The zero-order chi connectivity index (χ0) is 20.8. The highest BCUT2D eigenvalue weighted by Crippen LogP contribution is 2.27. The molecule has 1 saturated heterocycles. The number of anilines is 1.